The van der Waals surface area contributed by atoms with Crippen molar-refractivity contribution in [3.63, 3.8) is 0 Å². The number of hydrogen-bond donors (Lipinski definition) is 1. The maximum Gasteiger partial charge on any atom is 0.253 e. The summed E-state index contributed by atoms with van der Waals surface area (Å²) in [6.07, 6.45) is 3.52. The first-order valence-corrected chi connectivity index (χ1v) is 10.2. The molecule has 2 heterocycles. The minimum atomic E-state index is -0.112. The highest BCUT2D eigenvalue weighted by atomic mass is 35.5. The van der Waals surface area contributed by atoms with Gasteiger partial charge in [0.2, 0.25) is 0 Å². The number of piperidine rings is 1. The summed E-state index contributed by atoms with van der Waals surface area (Å²) in [7, 11) is 1.70. The third-order valence-electron chi connectivity index (χ3n) is 5.42. The smallest absolute Gasteiger partial charge is 0.253 e. The van der Waals surface area contributed by atoms with E-state index in [0.717, 1.165) is 43.6 Å². The molecule has 0 unspecified atom stereocenters. The molecular formula is C23H24ClN3O2. The maximum atomic E-state index is 12.9. The van der Waals surface area contributed by atoms with Gasteiger partial charge in [-0.2, -0.15) is 0 Å². The van der Waals surface area contributed by atoms with Gasteiger partial charge in [0, 0.05) is 47.8 Å². The molecular weight excluding hydrogens is 386 g/mol. The van der Waals surface area contributed by atoms with Gasteiger partial charge in [-0.15, -0.1) is 0 Å². The molecule has 4 rings (SSSR count). The largest absolute Gasteiger partial charge is 0.496 e. The monoisotopic (exact) mass is 409 g/mol. The van der Waals surface area contributed by atoms with E-state index >= 15 is 0 Å². The number of ether oxygens (including phenoxy) is 1. The Bertz CT molecular complexity index is 1020. The second kappa shape index (κ2) is 8.80. The molecule has 0 saturated carbocycles. The van der Waals surface area contributed by atoms with Gasteiger partial charge in [-0.1, -0.05) is 35.9 Å². The molecule has 1 N–H and O–H groups in total. The van der Waals surface area contributed by atoms with Crippen LogP contribution in [0.4, 0.5) is 0 Å². The van der Waals surface area contributed by atoms with Gasteiger partial charge in [0.05, 0.1) is 18.2 Å². The topological polar surface area (TPSA) is 54.5 Å². The van der Waals surface area contributed by atoms with E-state index in [4.69, 9.17) is 16.3 Å². The van der Waals surface area contributed by atoms with Gasteiger partial charge in [0.15, 0.2) is 0 Å². The van der Waals surface area contributed by atoms with Crippen LogP contribution in [0.1, 0.15) is 28.8 Å². The number of para-hydroxylation sites is 1. The highest BCUT2D eigenvalue weighted by Crippen LogP contribution is 2.24. The molecule has 5 nitrogen and oxygen atoms in total. The van der Waals surface area contributed by atoms with Crippen LogP contribution in [-0.2, 0) is 6.54 Å². The van der Waals surface area contributed by atoms with Gasteiger partial charge < -0.3 is 10.1 Å². The molecule has 3 aromatic rings. The van der Waals surface area contributed by atoms with Crippen molar-refractivity contribution >= 4 is 28.4 Å². The van der Waals surface area contributed by atoms with Crippen molar-refractivity contribution in [2.75, 3.05) is 20.2 Å². The zero-order chi connectivity index (χ0) is 20.2. The molecule has 0 aliphatic carbocycles. The number of carbonyl (C=O) groups is 1. The van der Waals surface area contributed by atoms with E-state index in [9.17, 15) is 4.79 Å². The Morgan fingerprint density at radius 2 is 2.00 bits per heavy atom. The fourth-order valence-corrected chi connectivity index (χ4v) is 4.13. The zero-order valence-electron chi connectivity index (χ0n) is 16.4. The zero-order valence-corrected chi connectivity index (χ0v) is 17.2. The number of amides is 1. The Hall–Kier alpha value is -2.63. The van der Waals surface area contributed by atoms with Crippen LogP contribution in [0.15, 0.2) is 54.7 Å². The SMILES string of the molecule is COc1ccccc1CN1CCC(NC(=O)c2cc(Cl)cc3cccnc23)CC1. The van der Waals surface area contributed by atoms with Gasteiger partial charge in [-0.3, -0.25) is 14.7 Å². The van der Waals surface area contributed by atoms with Crippen LogP contribution in [0.3, 0.4) is 0 Å². The van der Waals surface area contributed by atoms with Crippen LogP contribution in [0.25, 0.3) is 10.9 Å². The Balaban J connectivity index is 1.38. The van der Waals surface area contributed by atoms with Crippen LogP contribution < -0.4 is 10.1 Å². The van der Waals surface area contributed by atoms with Crippen molar-refractivity contribution in [3.8, 4) is 5.75 Å². The average molecular weight is 410 g/mol. The fraction of sp³-hybridized carbons (Fsp3) is 0.304. The van der Waals surface area contributed by atoms with Crippen molar-refractivity contribution in [1.82, 2.24) is 15.2 Å². The van der Waals surface area contributed by atoms with Crippen molar-refractivity contribution < 1.29 is 9.53 Å². The summed E-state index contributed by atoms with van der Waals surface area (Å²) in [5.74, 6) is 0.808. The first-order valence-electron chi connectivity index (χ1n) is 9.83. The second-order valence-electron chi connectivity index (χ2n) is 7.36. The number of carbonyl (C=O) groups excluding carboxylic acids is 1. The number of fused-ring (bicyclic) bond motifs is 1. The molecule has 6 heteroatoms. The number of aromatic nitrogens is 1. The van der Waals surface area contributed by atoms with E-state index in [2.05, 4.69) is 21.3 Å². The summed E-state index contributed by atoms with van der Waals surface area (Å²) in [6.45, 7) is 2.71. The molecule has 0 spiro atoms. The summed E-state index contributed by atoms with van der Waals surface area (Å²) in [4.78, 5) is 19.7. The minimum Gasteiger partial charge on any atom is -0.496 e. The van der Waals surface area contributed by atoms with Crippen LogP contribution in [0, 0.1) is 0 Å². The first kappa shape index (κ1) is 19.7. The molecule has 29 heavy (non-hydrogen) atoms. The molecule has 1 amide bonds. The standard InChI is InChI=1S/C23H24ClN3O2/c1-29-21-7-3-2-5-17(21)15-27-11-8-19(9-12-27)26-23(28)20-14-18(24)13-16-6-4-10-25-22(16)20/h2-7,10,13-14,19H,8-9,11-12,15H2,1H3,(H,26,28). The molecule has 150 valence electrons. The van der Waals surface area contributed by atoms with Gasteiger partial charge in [0.1, 0.15) is 5.75 Å². The van der Waals surface area contributed by atoms with Crippen molar-refractivity contribution in [3.05, 3.63) is 70.9 Å². The second-order valence-corrected chi connectivity index (χ2v) is 7.80. The number of likely N-dealkylation sites (tertiary alicyclic amines) is 1. The predicted molar refractivity (Wildman–Crippen MR) is 116 cm³/mol. The molecule has 0 atom stereocenters. The lowest BCUT2D eigenvalue weighted by atomic mass is 10.0. The number of nitrogens with one attached hydrogen (secondary N) is 1. The molecule has 0 radical (unpaired) electrons. The van der Waals surface area contributed by atoms with Crippen molar-refractivity contribution in [1.29, 1.82) is 0 Å². The molecule has 2 aromatic carbocycles. The van der Waals surface area contributed by atoms with E-state index in [1.165, 1.54) is 5.56 Å². The number of pyridine rings is 1. The van der Waals surface area contributed by atoms with E-state index in [-0.39, 0.29) is 11.9 Å². The van der Waals surface area contributed by atoms with Crippen LogP contribution in [0.5, 0.6) is 5.75 Å². The quantitative estimate of drug-likeness (QED) is 0.683. The Morgan fingerprint density at radius 3 is 2.79 bits per heavy atom. The minimum absolute atomic E-state index is 0.112. The highest BCUT2D eigenvalue weighted by Gasteiger charge is 2.23. The number of halogens is 1. The average Bonchev–Trinajstić information content (AvgIpc) is 2.75. The van der Waals surface area contributed by atoms with Crippen LogP contribution in [-0.4, -0.2) is 42.0 Å². The van der Waals surface area contributed by atoms with Gasteiger partial charge in [0.25, 0.3) is 5.91 Å². The molecule has 1 aliphatic heterocycles. The maximum absolute atomic E-state index is 12.9. The summed E-state index contributed by atoms with van der Waals surface area (Å²) >= 11 is 6.21. The third-order valence-corrected chi connectivity index (χ3v) is 5.64. The molecule has 0 bridgehead atoms. The van der Waals surface area contributed by atoms with Crippen molar-refractivity contribution in [2.45, 2.75) is 25.4 Å². The normalized spacial score (nSPS) is 15.4. The summed E-state index contributed by atoms with van der Waals surface area (Å²) in [6, 6.07) is 15.6. The van der Waals surface area contributed by atoms with Crippen LogP contribution >= 0.6 is 11.6 Å². The Morgan fingerprint density at radius 1 is 1.21 bits per heavy atom. The Kier molecular flexibility index (Phi) is 5.97. The number of methoxy groups -OCH3 is 1. The van der Waals surface area contributed by atoms with Gasteiger partial charge in [-0.05, 0) is 37.1 Å². The number of rotatable bonds is 5. The lowest BCUT2D eigenvalue weighted by Crippen LogP contribution is -2.44. The van der Waals surface area contributed by atoms with E-state index in [1.807, 2.05) is 36.4 Å². The number of benzene rings is 2. The van der Waals surface area contributed by atoms with Gasteiger partial charge >= 0.3 is 0 Å². The van der Waals surface area contributed by atoms with E-state index in [1.54, 1.807) is 19.4 Å². The first-order chi connectivity index (χ1) is 14.1. The van der Waals surface area contributed by atoms with Crippen molar-refractivity contribution in [2.24, 2.45) is 0 Å². The van der Waals surface area contributed by atoms with E-state index in [0.29, 0.717) is 16.1 Å². The lowest BCUT2D eigenvalue weighted by Gasteiger charge is -2.32. The summed E-state index contributed by atoms with van der Waals surface area (Å²) in [5, 5.41) is 4.59. The number of hydrogen-bond acceptors (Lipinski definition) is 4. The lowest BCUT2D eigenvalue weighted by molar-refractivity contribution is 0.0910. The van der Waals surface area contributed by atoms with Gasteiger partial charge in [-0.25, -0.2) is 0 Å². The Labute approximate surface area is 175 Å². The number of nitrogens with zero attached hydrogens (tertiary/aromatic N) is 2. The molecule has 1 aliphatic rings. The third kappa shape index (κ3) is 4.52. The van der Waals surface area contributed by atoms with E-state index < -0.39 is 0 Å². The molecule has 1 fully saturated rings. The fourth-order valence-electron chi connectivity index (χ4n) is 3.90. The van der Waals surface area contributed by atoms with Crippen LogP contribution in [0.2, 0.25) is 5.02 Å². The summed E-state index contributed by atoms with van der Waals surface area (Å²) in [5.41, 5.74) is 2.40. The molecule has 1 saturated heterocycles. The predicted octanol–water partition coefficient (Wildman–Crippen LogP) is 4.29. The molecule has 1 aromatic heterocycles. The summed E-state index contributed by atoms with van der Waals surface area (Å²) < 4.78 is 5.45. The highest BCUT2D eigenvalue weighted by molar-refractivity contribution is 6.32.